The number of hydrogen-bond donors (Lipinski definition) is 1. The van der Waals surface area contributed by atoms with Crippen molar-refractivity contribution in [2.75, 3.05) is 0 Å². The molecule has 0 aliphatic heterocycles. The van der Waals surface area contributed by atoms with Crippen molar-refractivity contribution in [1.29, 1.82) is 0 Å². The third kappa shape index (κ3) is 4.60. The van der Waals surface area contributed by atoms with Gasteiger partial charge in [0.25, 0.3) is 0 Å². The van der Waals surface area contributed by atoms with Crippen LogP contribution in [0.4, 0.5) is 0 Å². The lowest BCUT2D eigenvalue weighted by Gasteiger charge is -2.21. The third-order valence-electron chi connectivity index (χ3n) is 4.70. The van der Waals surface area contributed by atoms with Crippen LogP contribution in [-0.2, 0) is 11.2 Å². The Kier molecular flexibility index (Phi) is 5.85. The van der Waals surface area contributed by atoms with Crippen LogP contribution in [0.25, 0.3) is 0 Å². The zero-order chi connectivity index (χ0) is 18.4. The second kappa shape index (κ2) is 8.48. The summed E-state index contributed by atoms with van der Waals surface area (Å²) in [4.78, 5) is 12.6. The van der Waals surface area contributed by atoms with Crippen molar-refractivity contribution in [3.8, 4) is 0 Å². The predicted octanol–water partition coefficient (Wildman–Crippen LogP) is 5.14. The highest BCUT2D eigenvalue weighted by molar-refractivity contribution is 5.77. The first-order valence-corrected chi connectivity index (χ1v) is 9.09. The van der Waals surface area contributed by atoms with Crippen LogP contribution in [0.3, 0.4) is 0 Å². The fourth-order valence-electron chi connectivity index (χ4n) is 3.14. The first-order chi connectivity index (χ1) is 12.6. The van der Waals surface area contributed by atoms with Gasteiger partial charge in [0.15, 0.2) is 0 Å². The SMILES string of the molecule is Cc1ccc(CCC(=O)N[C@H](c2ccccc2)c2ccccc2C)cc1. The predicted molar refractivity (Wildman–Crippen MR) is 107 cm³/mol. The molecule has 0 heterocycles. The van der Waals surface area contributed by atoms with E-state index < -0.39 is 0 Å². The van der Waals surface area contributed by atoms with Crippen molar-refractivity contribution in [3.63, 3.8) is 0 Å². The van der Waals surface area contributed by atoms with Gasteiger partial charge in [-0.25, -0.2) is 0 Å². The molecule has 26 heavy (non-hydrogen) atoms. The number of carbonyl (C=O) groups is 1. The molecule has 0 radical (unpaired) electrons. The summed E-state index contributed by atoms with van der Waals surface area (Å²) >= 11 is 0. The molecule has 0 aliphatic rings. The molecule has 1 N–H and O–H groups in total. The molecular weight excluding hydrogens is 318 g/mol. The lowest BCUT2D eigenvalue weighted by Crippen LogP contribution is -2.30. The van der Waals surface area contributed by atoms with Crippen LogP contribution < -0.4 is 5.32 Å². The summed E-state index contributed by atoms with van der Waals surface area (Å²) in [6.45, 7) is 4.16. The van der Waals surface area contributed by atoms with E-state index in [9.17, 15) is 4.79 Å². The topological polar surface area (TPSA) is 29.1 Å². The molecule has 0 fully saturated rings. The summed E-state index contributed by atoms with van der Waals surface area (Å²) in [6.07, 6.45) is 1.24. The Balaban J connectivity index is 1.74. The molecule has 132 valence electrons. The van der Waals surface area contributed by atoms with E-state index in [1.807, 2.05) is 30.3 Å². The molecule has 2 heteroatoms. The lowest BCUT2D eigenvalue weighted by molar-refractivity contribution is -0.121. The summed E-state index contributed by atoms with van der Waals surface area (Å²) in [5.74, 6) is 0.0719. The smallest absolute Gasteiger partial charge is 0.221 e. The van der Waals surface area contributed by atoms with Crippen molar-refractivity contribution >= 4 is 5.91 Å². The Morgan fingerprint density at radius 1 is 0.846 bits per heavy atom. The molecule has 0 saturated heterocycles. The highest BCUT2D eigenvalue weighted by atomic mass is 16.1. The fraction of sp³-hybridized carbons (Fsp3) is 0.208. The maximum atomic E-state index is 12.6. The Bertz CT molecular complexity index is 853. The number of benzene rings is 3. The molecule has 1 amide bonds. The van der Waals surface area contributed by atoms with E-state index in [0.29, 0.717) is 6.42 Å². The molecule has 0 aliphatic carbocycles. The van der Waals surface area contributed by atoms with Gasteiger partial charge in [0.05, 0.1) is 6.04 Å². The van der Waals surface area contributed by atoms with Gasteiger partial charge in [-0.15, -0.1) is 0 Å². The van der Waals surface area contributed by atoms with Crippen molar-refractivity contribution in [2.24, 2.45) is 0 Å². The molecule has 0 aromatic heterocycles. The fourth-order valence-corrected chi connectivity index (χ4v) is 3.14. The standard InChI is InChI=1S/C24H25NO/c1-18-12-14-20(15-13-18)16-17-23(26)25-24(21-9-4-3-5-10-21)22-11-7-6-8-19(22)2/h3-15,24H,16-17H2,1-2H3,(H,25,26)/t24-/m1/s1. The van der Waals surface area contributed by atoms with Gasteiger partial charge in [0, 0.05) is 6.42 Å². The largest absolute Gasteiger partial charge is 0.345 e. The number of aryl methyl sites for hydroxylation is 3. The number of amides is 1. The highest BCUT2D eigenvalue weighted by Crippen LogP contribution is 2.25. The number of nitrogens with one attached hydrogen (secondary N) is 1. The second-order valence-corrected chi connectivity index (χ2v) is 6.75. The quantitative estimate of drug-likeness (QED) is 0.659. The highest BCUT2D eigenvalue weighted by Gasteiger charge is 2.18. The zero-order valence-corrected chi connectivity index (χ0v) is 15.4. The van der Waals surface area contributed by atoms with E-state index in [1.165, 1.54) is 16.7 Å². The van der Waals surface area contributed by atoms with Gasteiger partial charge >= 0.3 is 0 Å². The van der Waals surface area contributed by atoms with Crippen LogP contribution >= 0.6 is 0 Å². The van der Waals surface area contributed by atoms with E-state index in [2.05, 4.69) is 67.7 Å². The summed E-state index contributed by atoms with van der Waals surface area (Å²) in [5.41, 5.74) is 5.85. The van der Waals surface area contributed by atoms with Crippen LogP contribution in [0.5, 0.6) is 0 Å². The molecule has 0 saturated carbocycles. The summed E-state index contributed by atoms with van der Waals surface area (Å²) in [6, 6.07) is 26.6. The number of rotatable bonds is 6. The maximum Gasteiger partial charge on any atom is 0.221 e. The minimum absolute atomic E-state index is 0.0719. The van der Waals surface area contributed by atoms with Crippen LogP contribution in [0.1, 0.15) is 40.3 Å². The Morgan fingerprint density at radius 3 is 2.19 bits per heavy atom. The third-order valence-corrected chi connectivity index (χ3v) is 4.70. The normalized spacial score (nSPS) is 11.8. The van der Waals surface area contributed by atoms with Crippen molar-refractivity contribution in [3.05, 3.63) is 107 Å². The van der Waals surface area contributed by atoms with E-state index >= 15 is 0 Å². The second-order valence-electron chi connectivity index (χ2n) is 6.75. The average molecular weight is 343 g/mol. The minimum Gasteiger partial charge on any atom is -0.345 e. The summed E-state index contributed by atoms with van der Waals surface area (Å²) < 4.78 is 0. The monoisotopic (exact) mass is 343 g/mol. The van der Waals surface area contributed by atoms with Gasteiger partial charge < -0.3 is 5.32 Å². The zero-order valence-electron chi connectivity index (χ0n) is 15.4. The van der Waals surface area contributed by atoms with Crippen molar-refractivity contribution in [2.45, 2.75) is 32.7 Å². The van der Waals surface area contributed by atoms with Crippen molar-refractivity contribution < 1.29 is 4.79 Å². The van der Waals surface area contributed by atoms with Crippen molar-refractivity contribution in [1.82, 2.24) is 5.32 Å². The molecule has 0 unspecified atom stereocenters. The molecule has 3 aromatic rings. The van der Waals surface area contributed by atoms with Gasteiger partial charge in [-0.05, 0) is 42.5 Å². The van der Waals surface area contributed by atoms with Crippen LogP contribution in [0, 0.1) is 13.8 Å². The number of hydrogen-bond acceptors (Lipinski definition) is 1. The van der Waals surface area contributed by atoms with Gasteiger partial charge in [0.1, 0.15) is 0 Å². The van der Waals surface area contributed by atoms with E-state index in [0.717, 1.165) is 17.5 Å². The summed E-state index contributed by atoms with van der Waals surface area (Å²) in [7, 11) is 0. The van der Waals surface area contributed by atoms with E-state index in [-0.39, 0.29) is 11.9 Å². The molecule has 1 atom stereocenters. The Hall–Kier alpha value is -2.87. The lowest BCUT2D eigenvalue weighted by atomic mass is 9.94. The van der Waals surface area contributed by atoms with Gasteiger partial charge in [-0.3, -0.25) is 4.79 Å². The van der Waals surface area contributed by atoms with Gasteiger partial charge in [-0.2, -0.15) is 0 Å². The molecule has 2 nitrogen and oxygen atoms in total. The first kappa shape index (κ1) is 17.9. The maximum absolute atomic E-state index is 12.6. The van der Waals surface area contributed by atoms with Gasteiger partial charge in [-0.1, -0.05) is 84.4 Å². The molecule has 3 rings (SSSR count). The summed E-state index contributed by atoms with van der Waals surface area (Å²) in [5, 5.41) is 3.23. The minimum atomic E-state index is -0.122. The van der Waals surface area contributed by atoms with Crippen LogP contribution in [0.15, 0.2) is 78.9 Å². The van der Waals surface area contributed by atoms with Gasteiger partial charge in [0.2, 0.25) is 5.91 Å². The van der Waals surface area contributed by atoms with E-state index in [1.54, 1.807) is 0 Å². The molecule has 0 bridgehead atoms. The van der Waals surface area contributed by atoms with E-state index in [4.69, 9.17) is 0 Å². The van der Waals surface area contributed by atoms with Crippen LogP contribution in [-0.4, -0.2) is 5.91 Å². The number of carbonyl (C=O) groups excluding carboxylic acids is 1. The first-order valence-electron chi connectivity index (χ1n) is 9.09. The van der Waals surface area contributed by atoms with Crippen LogP contribution in [0.2, 0.25) is 0 Å². The average Bonchev–Trinajstić information content (AvgIpc) is 2.67. The molecular formula is C24H25NO. The Morgan fingerprint density at radius 2 is 1.50 bits per heavy atom. The Labute approximate surface area is 155 Å². The molecule has 3 aromatic carbocycles. The molecule has 0 spiro atoms.